The molecule has 0 aliphatic rings. The van der Waals surface area contributed by atoms with Gasteiger partial charge in [0, 0.05) is 28.9 Å². The molecular formula is C23H19ClN2O2. The maximum Gasteiger partial charge on any atom is 0.256 e. The van der Waals surface area contributed by atoms with Crippen LogP contribution in [0.1, 0.15) is 18.1 Å². The molecule has 5 heteroatoms. The van der Waals surface area contributed by atoms with Crippen molar-refractivity contribution in [1.29, 1.82) is 0 Å². The van der Waals surface area contributed by atoms with E-state index in [9.17, 15) is 9.59 Å². The van der Waals surface area contributed by atoms with Crippen molar-refractivity contribution in [2.75, 3.05) is 10.6 Å². The first kappa shape index (κ1) is 19.4. The molecule has 0 radical (unpaired) electrons. The lowest BCUT2D eigenvalue weighted by molar-refractivity contribution is -0.114. The van der Waals surface area contributed by atoms with Crippen LogP contribution >= 0.6 is 11.6 Å². The Balaban J connectivity index is 1.89. The Morgan fingerprint density at radius 3 is 1.96 bits per heavy atom. The van der Waals surface area contributed by atoms with Crippen LogP contribution in [-0.4, -0.2) is 11.8 Å². The number of carbonyl (C=O) groups is 2. The molecule has 0 unspecified atom stereocenters. The number of amides is 2. The average molecular weight is 391 g/mol. The van der Waals surface area contributed by atoms with E-state index in [4.69, 9.17) is 11.6 Å². The summed E-state index contributed by atoms with van der Waals surface area (Å²) in [4.78, 5) is 24.1. The van der Waals surface area contributed by atoms with Crippen LogP contribution in [0.3, 0.4) is 0 Å². The molecule has 28 heavy (non-hydrogen) atoms. The van der Waals surface area contributed by atoms with Crippen molar-refractivity contribution in [3.8, 4) is 0 Å². The van der Waals surface area contributed by atoms with E-state index < -0.39 is 0 Å². The number of benzene rings is 3. The highest BCUT2D eigenvalue weighted by Crippen LogP contribution is 2.25. The largest absolute Gasteiger partial charge is 0.326 e. The number of nitrogens with one attached hydrogen (secondary N) is 2. The summed E-state index contributed by atoms with van der Waals surface area (Å²) in [6.07, 6.45) is 1.78. The fourth-order valence-electron chi connectivity index (χ4n) is 2.68. The molecule has 0 saturated heterocycles. The maximum absolute atomic E-state index is 13.0. The Morgan fingerprint density at radius 1 is 0.786 bits per heavy atom. The molecule has 4 nitrogen and oxygen atoms in total. The van der Waals surface area contributed by atoms with Crippen molar-refractivity contribution in [2.45, 2.75) is 6.92 Å². The molecule has 3 aromatic rings. The van der Waals surface area contributed by atoms with Crippen molar-refractivity contribution in [3.63, 3.8) is 0 Å². The van der Waals surface area contributed by atoms with Gasteiger partial charge >= 0.3 is 0 Å². The fourth-order valence-corrected chi connectivity index (χ4v) is 2.87. The first-order chi connectivity index (χ1) is 13.5. The number of anilines is 2. The zero-order chi connectivity index (χ0) is 19.9. The Labute approximate surface area is 168 Å². The second kappa shape index (κ2) is 9.02. The van der Waals surface area contributed by atoms with Gasteiger partial charge in [0.05, 0.1) is 0 Å². The molecule has 2 amide bonds. The zero-order valence-electron chi connectivity index (χ0n) is 15.3. The molecule has 0 spiro atoms. The van der Waals surface area contributed by atoms with Gasteiger partial charge < -0.3 is 10.6 Å². The van der Waals surface area contributed by atoms with Gasteiger partial charge in [0.15, 0.2) is 0 Å². The first-order valence-electron chi connectivity index (χ1n) is 8.73. The lowest BCUT2D eigenvalue weighted by Gasteiger charge is -2.11. The summed E-state index contributed by atoms with van der Waals surface area (Å²) in [5.41, 5.74) is 3.34. The molecule has 3 aromatic carbocycles. The van der Waals surface area contributed by atoms with Crippen LogP contribution in [0.5, 0.6) is 0 Å². The predicted molar refractivity (Wildman–Crippen MR) is 115 cm³/mol. The molecule has 0 aliphatic heterocycles. The second-order valence-electron chi connectivity index (χ2n) is 6.16. The summed E-state index contributed by atoms with van der Waals surface area (Å²) in [6.45, 7) is 1.45. The van der Waals surface area contributed by atoms with Gasteiger partial charge in [0.1, 0.15) is 0 Å². The van der Waals surface area contributed by atoms with E-state index in [0.717, 1.165) is 11.1 Å². The summed E-state index contributed by atoms with van der Waals surface area (Å²) in [6, 6.07) is 23.7. The molecule has 0 aliphatic carbocycles. The second-order valence-corrected chi connectivity index (χ2v) is 6.57. The Kier molecular flexibility index (Phi) is 6.25. The van der Waals surface area contributed by atoms with Crippen LogP contribution in [-0.2, 0) is 9.59 Å². The molecule has 0 aromatic heterocycles. The third-order valence-corrected chi connectivity index (χ3v) is 4.34. The van der Waals surface area contributed by atoms with Crippen molar-refractivity contribution < 1.29 is 9.59 Å². The molecule has 0 bridgehead atoms. The number of hydrogen-bond acceptors (Lipinski definition) is 2. The Bertz CT molecular complexity index is 1010. The lowest BCUT2D eigenvalue weighted by Crippen LogP contribution is -2.14. The van der Waals surface area contributed by atoms with Gasteiger partial charge in [-0.15, -0.1) is 0 Å². The van der Waals surface area contributed by atoms with Gasteiger partial charge in [0.25, 0.3) is 5.91 Å². The first-order valence-corrected chi connectivity index (χ1v) is 9.11. The van der Waals surface area contributed by atoms with Gasteiger partial charge in [-0.25, -0.2) is 0 Å². The Hall–Kier alpha value is -3.37. The predicted octanol–water partition coefficient (Wildman–Crippen LogP) is 5.48. The van der Waals surface area contributed by atoms with Gasteiger partial charge in [-0.05, 0) is 47.5 Å². The minimum atomic E-state index is -0.251. The summed E-state index contributed by atoms with van der Waals surface area (Å²) in [5, 5.41) is 6.17. The lowest BCUT2D eigenvalue weighted by atomic mass is 10.0. The molecular weight excluding hydrogens is 372 g/mol. The molecule has 2 N–H and O–H groups in total. The van der Waals surface area contributed by atoms with Crippen LogP contribution in [0, 0.1) is 0 Å². The van der Waals surface area contributed by atoms with Crippen LogP contribution in [0.25, 0.3) is 11.6 Å². The summed E-state index contributed by atoms with van der Waals surface area (Å²) in [5.74, 6) is -0.399. The number of rotatable bonds is 5. The minimum absolute atomic E-state index is 0.147. The molecule has 140 valence electrons. The summed E-state index contributed by atoms with van der Waals surface area (Å²) >= 11 is 6.27. The molecule has 0 heterocycles. The monoisotopic (exact) mass is 390 g/mol. The average Bonchev–Trinajstić information content (AvgIpc) is 2.69. The fraction of sp³-hybridized carbons (Fsp3) is 0.0435. The molecule has 3 rings (SSSR count). The van der Waals surface area contributed by atoms with E-state index in [1.807, 2.05) is 48.5 Å². The van der Waals surface area contributed by atoms with Crippen LogP contribution in [0.15, 0.2) is 78.9 Å². The number of hydrogen-bond donors (Lipinski definition) is 2. The van der Waals surface area contributed by atoms with Crippen LogP contribution in [0.4, 0.5) is 11.4 Å². The molecule has 0 atom stereocenters. The van der Waals surface area contributed by atoms with Crippen molar-refractivity contribution in [3.05, 3.63) is 95.0 Å². The normalized spacial score (nSPS) is 11.0. The third kappa shape index (κ3) is 5.09. The van der Waals surface area contributed by atoms with E-state index in [-0.39, 0.29) is 11.8 Å². The topological polar surface area (TPSA) is 58.2 Å². The maximum atomic E-state index is 13.0. The highest BCUT2D eigenvalue weighted by atomic mass is 35.5. The summed E-state index contributed by atoms with van der Waals surface area (Å²) < 4.78 is 0. The number of halogens is 1. The van der Waals surface area contributed by atoms with Crippen LogP contribution in [0.2, 0.25) is 5.02 Å². The zero-order valence-corrected chi connectivity index (χ0v) is 16.0. The SMILES string of the molecule is CC(=O)Nc1ccc(NC(=O)C(=Cc2ccccc2Cl)c2ccccc2)cc1. The highest BCUT2D eigenvalue weighted by molar-refractivity contribution is 6.34. The van der Waals surface area contributed by atoms with Crippen molar-refractivity contribution in [2.24, 2.45) is 0 Å². The van der Waals surface area contributed by atoms with E-state index in [0.29, 0.717) is 22.0 Å². The van der Waals surface area contributed by atoms with Crippen molar-refractivity contribution in [1.82, 2.24) is 0 Å². The van der Waals surface area contributed by atoms with Crippen LogP contribution < -0.4 is 10.6 Å². The minimum Gasteiger partial charge on any atom is -0.326 e. The van der Waals surface area contributed by atoms with E-state index in [2.05, 4.69) is 10.6 Å². The smallest absolute Gasteiger partial charge is 0.256 e. The van der Waals surface area contributed by atoms with Gasteiger partial charge in [-0.3, -0.25) is 9.59 Å². The Morgan fingerprint density at radius 2 is 1.36 bits per heavy atom. The van der Waals surface area contributed by atoms with E-state index in [1.165, 1.54) is 6.92 Å². The standard InChI is InChI=1S/C23H19ClN2O2/c1-16(27)25-19-11-13-20(14-12-19)26-23(28)21(17-7-3-2-4-8-17)15-18-9-5-6-10-22(18)24/h2-15H,1H3,(H,25,27)(H,26,28). The summed E-state index contributed by atoms with van der Waals surface area (Å²) in [7, 11) is 0. The van der Waals surface area contributed by atoms with E-state index in [1.54, 1.807) is 36.4 Å². The highest BCUT2D eigenvalue weighted by Gasteiger charge is 2.13. The quantitative estimate of drug-likeness (QED) is 0.447. The van der Waals surface area contributed by atoms with Gasteiger partial charge in [-0.1, -0.05) is 60.1 Å². The number of carbonyl (C=O) groups excluding carboxylic acids is 2. The van der Waals surface area contributed by atoms with Gasteiger partial charge in [-0.2, -0.15) is 0 Å². The van der Waals surface area contributed by atoms with Gasteiger partial charge in [0.2, 0.25) is 5.91 Å². The molecule has 0 saturated carbocycles. The van der Waals surface area contributed by atoms with E-state index >= 15 is 0 Å². The third-order valence-electron chi connectivity index (χ3n) is 4.00. The molecule has 0 fully saturated rings. The van der Waals surface area contributed by atoms with Crippen molar-refractivity contribution >= 4 is 46.4 Å².